The Labute approximate surface area is 227 Å². The smallest absolute Gasteiger partial charge is 0.254 e. The molecule has 3 aromatic rings. The second kappa shape index (κ2) is 10.6. The summed E-state index contributed by atoms with van der Waals surface area (Å²) in [5.74, 6) is 0.153. The zero-order valence-corrected chi connectivity index (χ0v) is 22.2. The lowest BCUT2D eigenvalue weighted by atomic mass is 9.91. The number of aryl methyl sites for hydroxylation is 1. The average Bonchev–Trinajstić information content (AvgIpc) is 2.90. The summed E-state index contributed by atoms with van der Waals surface area (Å²) in [4.78, 5) is 33.1. The van der Waals surface area contributed by atoms with Gasteiger partial charge in [0, 0.05) is 56.4 Å². The number of aromatic hydroxyl groups is 1. The molecule has 192 valence electrons. The normalized spacial score (nSPS) is 17.5. The molecule has 1 N–H and O–H groups in total. The number of carbonyl (C=O) groups excluding carboxylic acids is 2. The molecule has 1 fully saturated rings. The van der Waals surface area contributed by atoms with Crippen LogP contribution in [0.3, 0.4) is 0 Å². The van der Waals surface area contributed by atoms with Gasteiger partial charge in [-0.2, -0.15) is 0 Å². The van der Waals surface area contributed by atoms with Crippen LogP contribution in [0.1, 0.15) is 33.5 Å². The molecule has 2 aliphatic rings. The van der Waals surface area contributed by atoms with E-state index in [1.807, 2.05) is 47.1 Å². The highest BCUT2D eigenvalue weighted by Crippen LogP contribution is 2.31. The number of carbonyl (C=O) groups is 2. The van der Waals surface area contributed by atoms with Gasteiger partial charge in [0.25, 0.3) is 5.91 Å². The molecule has 0 radical (unpaired) electrons. The summed E-state index contributed by atoms with van der Waals surface area (Å²) in [6.07, 6.45) is 0.890. The Kier molecular flexibility index (Phi) is 7.31. The number of hydrogen-bond donors (Lipinski definition) is 1. The molecule has 1 atom stereocenters. The second-order valence-electron chi connectivity index (χ2n) is 9.73. The fraction of sp³-hybridized carbons (Fsp3) is 0.310. The molecule has 8 heteroatoms. The number of hydrogen-bond acceptors (Lipinski definition) is 4. The maximum Gasteiger partial charge on any atom is 0.254 e. The molecule has 2 aliphatic heterocycles. The van der Waals surface area contributed by atoms with Gasteiger partial charge in [-0.25, -0.2) is 0 Å². The van der Waals surface area contributed by atoms with Gasteiger partial charge in [-0.05, 0) is 66.4 Å². The number of rotatable bonds is 4. The van der Waals surface area contributed by atoms with Crippen molar-refractivity contribution in [3.05, 3.63) is 93.0 Å². The third-order valence-corrected chi connectivity index (χ3v) is 8.09. The number of phenolic OH excluding ortho intramolecular Hbond substituents is 1. The molecule has 0 bridgehead atoms. The van der Waals surface area contributed by atoms with E-state index in [1.165, 1.54) is 5.56 Å². The minimum Gasteiger partial charge on any atom is -0.508 e. The van der Waals surface area contributed by atoms with E-state index in [2.05, 4.69) is 11.0 Å². The first kappa shape index (κ1) is 25.4. The summed E-state index contributed by atoms with van der Waals surface area (Å²) in [6.45, 7) is 4.96. The number of phenols is 1. The highest BCUT2D eigenvalue weighted by Gasteiger charge is 2.34. The summed E-state index contributed by atoms with van der Waals surface area (Å²) in [5, 5.41) is 10.3. The lowest BCUT2D eigenvalue weighted by molar-refractivity contribution is -0.132. The van der Waals surface area contributed by atoms with E-state index >= 15 is 0 Å². The van der Waals surface area contributed by atoms with Crippen LogP contribution in [0, 0.1) is 6.92 Å². The van der Waals surface area contributed by atoms with Gasteiger partial charge >= 0.3 is 0 Å². The Morgan fingerprint density at radius 1 is 0.919 bits per heavy atom. The van der Waals surface area contributed by atoms with Crippen LogP contribution in [0.4, 0.5) is 5.69 Å². The monoisotopic (exact) mass is 537 g/mol. The number of piperazine rings is 1. The minimum absolute atomic E-state index is 0.0541. The van der Waals surface area contributed by atoms with Crippen LogP contribution in [0.15, 0.2) is 60.7 Å². The van der Waals surface area contributed by atoms with Crippen LogP contribution < -0.4 is 4.90 Å². The summed E-state index contributed by atoms with van der Waals surface area (Å²) in [5.41, 5.74) is 4.57. The number of nitrogens with zero attached hydrogens (tertiary/aromatic N) is 3. The predicted molar refractivity (Wildman–Crippen MR) is 147 cm³/mol. The van der Waals surface area contributed by atoms with Gasteiger partial charge in [-0.3, -0.25) is 9.59 Å². The summed E-state index contributed by atoms with van der Waals surface area (Å²) < 4.78 is 0. The van der Waals surface area contributed by atoms with Crippen LogP contribution in [-0.2, 0) is 17.8 Å². The van der Waals surface area contributed by atoms with E-state index in [0.29, 0.717) is 41.7 Å². The average molecular weight is 538 g/mol. The van der Waals surface area contributed by atoms with Crippen molar-refractivity contribution in [3.8, 4) is 5.75 Å². The minimum atomic E-state index is -0.251. The van der Waals surface area contributed by atoms with Gasteiger partial charge < -0.3 is 19.8 Å². The molecule has 2 heterocycles. The Balaban J connectivity index is 1.32. The lowest BCUT2D eigenvalue weighted by Crippen LogP contribution is -2.51. The van der Waals surface area contributed by atoms with Crippen LogP contribution in [-0.4, -0.2) is 58.9 Å². The number of amides is 2. The van der Waals surface area contributed by atoms with E-state index in [4.69, 9.17) is 23.2 Å². The molecule has 0 aromatic heterocycles. The third kappa shape index (κ3) is 5.41. The summed E-state index contributed by atoms with van der Waals surface area (Å²) in [6, 6.07) is 18.3. The standard InChI is InChI=1S/C29H29Cl2N3O3/c1-19-14-26(30)27(31)17-25(19)29(37)34-18-21-5-3-2-4-20(21)15-23(34)16-28(36)33-12-10-32(11-13-33)22-6-8-24(35)9-7-22/h2-9,14,17,23,35H,10-13,15-16,18H2,1H3/t23-/m1/s1. The van der Waals surface area contributed by atoms with Crippen molar-refractivity contribution in [1.82, 2.24) is 9.80 Å². The van der Waals surface area contributed by atoms with E-state index in [-0.39, 0.29) is 30.0 Å². The van der Waals surface area contributed by atoms with Gasteiger partial charge in [0.2, 0.25) is 5.91 Å². The van der Waals surface area contributed by atoms with Crippen LogP contribution in [0.2, 0.25) is 10.0 Å². The van der Waals surface area contributed by atoms with Crippen molar-refractivity contribution < 1.29 is 14.7 Å². The number of halogens is 2. The first-order chi connectivity index (χ1) is 17.8. The largest absolute Gasteiger partial charge is 0.508 e. The molecule has 37 heavy (non-hydrogen) atoms. The van der Waals surface area contributed by atoms with Crippen molar-refractivity contribution >= 4 is 40.7 Å². The molecule has 0 unspecified atom stereocenters. The van der Waals surface area contributed by atoms with Crippen molar-refractivity contribution in [2.45, 2.75) is 32.4 Å². The maximum absolute atomic E-state index is 13.8. The van der Waals surface area contributed by atoms with Crippen molar-refractivity contribution in [3.63, 3.8) is 0 Å². The maximum atomic E-state index is 13.8. The number of benzene rings is 3. The van der Waals surface area contributed by atoms with E-state index in [0.717, 1.165) is 29.9 Å². The first-order valence-electron chi connectivity index (χ1n) is 12.5. The van der Waals surface area contributed by atoms with E-state index in [1.54, 1.807) is 24.3 Å². The fourth-order valence-corrected chi connectivity index (χ4v) is 5.63. The first-order valence-corrected chi connectivity index (χ1v) is 13.2. The van der Waals surface area contributed by atoms with Gasteiger partial charge in [0.05, 0.1) is 10.0 Å². The molecular formula is C29H29Cl2N3O3. The number of anilines is 1. The molecule has 5 rings (SSSR count). The zero-order valence-electron chi connectivity index (χ0n) is 20.7. The van der Waals surface area contributed by atoms with Gasteiger partial charge in [0.15, 0.2) is 0 Å². The van der Waals surface area contributed by atoms with Crippen LogP contribution in [0.5, 0.6) is 5.75 Å². The third-order valence-electron chi connectivity index (χ3n) is 7.37. The topological polar surface area (TPSA) is 64.1 Å². The SMILES string of the molecule is Cc1cc(Cl)c(Cl)cc1C(=O)N1Cc2ccccc2C[C@@H]1CC(=O)N1CCN(c2ccc(O)cc2)CC1. The Hall–Kier alpha value is -3.22. The molecular weight excluding hydrogens is 509 g/mol. The van der Waals surface area contributed by atoms with Crippen LogP contribution in [0.25, 0.3) is 0 Å². The highest BCUT2D eigenvalue weighted by atomic mass is 35.5. The van der Waals surface area contributed by atoms with Gasteiger partial charge in [-0.1, -0.05) is 47.5 Å². The summed E-state index contributed by atoms with van der Waals surface area (Å²) in [7, 11) is 0. The highest BCUT2D eigenvalue weighted by molar-refractivity contribution is 6.42. The molecule has 3 aromatic carbocycles. The Morgan fingerprint density at radius 2 is 1.57 bits per heavy atom. The van der Waals surface area contributed by atoms with E-state index < -0.39 is 0 Å². The fourth-order valence-electron chi connectivity index (χ4n) is 5.25. The molecule has 0 saturated carbocycles. The molecule has 6 nitrogen and oxygen atoms in total. The molecule has 0 aliphatic carbocycles. The molecule has 2 amide bonds. The lowest BCUT2D eigenvalue weighted by Gasteiger charge is -2.40. The number of fused-ring (bicyclic) bond motifs is 1. The quantitative estimate of drug-likeness (QED) is 0.489. The molecule has 0 spiro atoms. The zero-order chi connectivity index (χ0) is 26.1. The van der Waals surface area contributed by atoms with Crippen molar-refractivity contribution in [2.75, 3.05) is 31.1 Å². The molecule has 1 saturated heterocycles. The second-order valence-corrected chi connectivity index (χ2v) is 10.5. The van der Waals surface area contributed by atoms with Gasteiger partial charge in [0.1, 0.15) is 5.75 Å². The Morgan fingerprint density at radius 3 is 2.27 bits per heavy atom. The van der Waals surface area contributed by atoms with Crippen LogP contribution >= 0.6 is 23.2 Å². The predicted octanol–water partition coefficient (Wildman–Crippen LogP) is 5.31. The van der Waals surface area contributed by atoms with Gasteiger partial charge in [-0.15, -0.1) is 0 Å². The van der Waals surface area contributed by atoms with Crippen molar-refractivity contribution in [1.29, 1.82) is 0 Å². The Bertz CT molecular complexity index is 1320. The van der Waals surface area contributed by atoms with E-state index in [9.17, 15) is 14.7 Å². The van der Waals surface area contributed by atoms with Crippen molar-refractivity contribution in [2.24, 2.45) is 0 Å². The summed E-state index contributed by atoms with van der Waals surface area (Å²) >= 11 is 12.4.